The monoisotopic (exact) mass is 386 g/mol. The molecule has 1 heterocycles. The van der Waals surface area contributed by atoms with E-state index in [0.29, 0.717) is 37.3 Å². The molecule has 1 aliphatic heterocycles. The highest BCUT2D eigenvalue weighted by molar-refractivity contribution is 5.39. The van der Waals surface area contributed by atoms with E-state index in [1.807, 2.05) is 4.90 Å². The first kappa shape index (κ1) is 19.6. The van der Waals surface area contributed by atoms with Crippen LogP contribution in [0.5, 0.6) is 5.75 Å². The van der Waals surface area contributed by atoms with Crippen molar-refractivity contribution in [3.8, 4) is 5.75 Å². The predicted octanol–water partition coefficient (Wildman–Crippen LogP) is 4.17. The topological polar surface area (TPSA) is 24.5 Å². The van der Waals surface area contributed by atoms with Crippen LogP contribution >= 0.6 is 0 Å². The predicted molar refractivity (Wildman–Crippen MR) is 90.5 cm³/mol. The van der Waals surface area contributed by atoms with Crippen LogP contribution in [0.3, 0.4) is 0 Å². The first-order valence-corrected chi connectivity index (χ1v) is 8.51. The Morgan fingerprint density at radius 3 is 2.22 bits per heavy atom. The van der Waals surface area contributed by atoms with E-state index < -0.39 is 24.0 Å². The van der Waals surface area contributed by atoms with Crippen LogP contribution in [0.2, 0.25) is 0 Å². The number of nitrogens with one attached hydrogen (secondary N) is 1. The van der Waals surface area contributed by atoms with Gasteiger partial charge in [0.05, 0.1) is 6.04 Å². The maximum absolute atomic E-state index is 14.8. The molecular formula is C19H19F5N2O. The molecule has 3 nitrogen and oxygen atoms in total. The number of halogens is 5. The molecule has 1 aliphatic rings. The summed E-state index contributed by atoms with van der Waals surface area (Å²) in [7, 11) is 0. The SMILES string of the molecule is Cc1ccc(F)c([C@H](c2ccc(OC(F)(F)F)cc2)N2CCNCC2)c1F. The molecular weight excluding hydrogens is 367 g/mol. The van der Waals surface area contributed by atoms with Gasteiger partial charge >= 0.3 is 6.36 Å². The van der Waals surface area contributed by atoms with Gasteiger partial charge < -0.3 is 10.1 Å². The van der Waals surface area contributed by atoms with Gasteiger partial charge in [-0.2, -0.15) is 0 Å². The number of nitrogens with zero attached hydrogens (tertiary/aromatic N) is 1. The number of piperazine rings is 1. The quantitative estimate of drug-likeness (QED) is 0.799. The molecule has 146 valence electrons. The normalized spacial score (nSPS) is 17.0. The molecule has 1 saturated heterocycles. The van der Waals surface area contributed by atoms with Crippen LogP contribution in [-0.4, -0.2) is 37.4 Å². The molecule has 2 aromatic carbocycles. The number of alkyl halides is 3. The van der Waals surface area contributed by atoms with Gasteiger partial charge in [0.2, 0.25) is 0 Å². The Hall–Kier alpha value is -2.19. The average Bonchev–Trinajstić information content (AvgIpc) is 2.62. The van der Waals surface area contributed by atoms with Crippen LogP contribution in [0.4, 0.5) is 22.0 Å². The van der Waals surface area contributed by atoms with Crippen LogP contribution in [0.25, 0.3) is 0 Å². The molecule has 3 rings (SSSR count). The van der Waals surface area contributed by atoms with Crippen molar-refractivity contribution >= 4 is 0 Å². The van der Waals surface area contributed by atoms with Gasteiger partial charge in [0, 0.05) is 31.7 Å². The summed E-state index contributed by atoms with van der Waals surface area (Å²) in [6.07, 6.45) is -4.80. The Kier molecular flexibility index (Phi) is 5.67. The van der Waals surface area contributed by atoms with Crippen LogP contribution in [0.1, 0.15) is 22.7 Å². The molecule has 0 saturated carbocycles. The molecule has 0 bridgehead atoms. The second-order valence-electron chi connectivity index (χ2n) is 6.40. The molecule has 8 heteroatoms. The fourth-order valence-electron chi connectivity index (χ4n) is 3.28. The minimum absolute atomic E-state index is 0.0959. The number of hydrogen-bond acceptors (Lipinski definition) is 3. The van der Waals surface area contributed by atoms with Crippen molar-refractivity contribution in [2.24, 2.45) is 0 Å². The van der Waals surface area contributed by atoms with Gasteiger partial charge in [-0.15, -0.1) is 13.2 Å². The van der Waals surface area contributed by atoms with Crippen molar-refractivity contribution < 1.29 is 26.7 Å². The summed E-state index contributed by atoms with van der Waals surface area (Å²) in [6, 6.07) is 6.97. The summed E-state index contributed by atoms with van der Waals surface area (Å²) in [5, 5.41) is 3.17. The van der Waals surface area contributed by atoms with Gasteiger partial charge in [0.1, 0.15) is 17.4 Å². The summed E-state index contributed by atoms with van der Waals surface area (Å²) in [4.78, 5) is 1.91. The second-order valence-corrected chi connectivity index (χ2v) is 6.40. The minimum atomic E-state index is -4.80. The molecule has 1 N–H and O–H groups in total. The fourth-order valence-corrected chi connectivity index (χ4v) is 3.28. The number of ether oxygens (including phenoxy) is 1. The summed E-state index contributed by atoms with van der Waals surface area (Å²) >= 11 is 0. The Morgan fingerprint density at radius 2 is 1.63 bits per heavy atom. The lowest BCUT2D eigenvalue weighted by molar-refractivity contribution is -0.274. The Morgan fingerprint density at radius 1 is 1.00 bits per heavy atom. The van der Waals surface area contributed by atoms with E-state index in [2.05, 4.69) is 10.1 Å². The van der Waals surface area contributed by atoms with Gasteiger partial charge in [-0.25, -0.2) is 8.78 Å². The zero-order valence-corrected chi connectivity index (χ0v) is 14.6. The van der Waals surface area contributed by atoms with Crippen molar-refractivity contribution in [3.63, 3.8) is 0 Å². The third-order valence-corrected chi connectivity index (χ3v) is 4.54. The molecule has 0 aromatic heterocycles. The first-order chi connectivity index (χ1) is 12.8. The maximum atomic E-state index is 14.8. The highest BCUT2D eigenvalue weighted by atomic mass is 19.4. The molecule has 1 fully saturated rings. The van der Waals surface area contributed by atoms with E-state index >= 15 is 0 Å². The molecule has 27 heavy (non-hydrogen) atoms. The van der Waals surface area contributed by atoms with Crippen molar-refractivity contribution in [1.29, 1.82) is 0 Å². The van der Waals surface area contributed by atoms with E-state index in [-0.39, 0.29) is 11.3 Å². The van der Waals surface area contributed by atoms with Gasteiger partial charge in [0.25, 0.3) is 0 Å². The number of rotatable bonds is 4. The van der Waals surface area contributed by atoms with E-state index in [4.69, 9.17) is 0 Å². The molecule has 0 spiro atoms. The maximum Gasteiger partial charge on any atom is 0.573 e. The number of aryl methyl sites for hydroxylation is 1. The van der Waals surface area contributed by atoms with E-state index in [9.17, 15) is 22.0 Å². The number of benzene rings is 2. The molecule has 0 radical (unpaired) electrons. The van der Waals surface area contributed by atoms with Crippen LogP contribution in [0.15, 0.2) is 36.4 Å². The summed E-state index contributed by atoms with van der Waals surface area (Å²) < 4.78 is 70.4. The fraction of sp³-hybridized carbons (Fsp3) is 0.368. The third kappa shape index (κ3) is 4.56. The van der Waals surface area contributed by atoms with Crippen LogP contribution in [0, 0.1) is 18.6 Å². The van der Waals surface area contributed by atoms with Crippen molar-refractivity contribution in [2.45, 2.75) is 19.3 Å². The Labute approximate surface area is 153 Å². The summed E-state index contributed by atoms with van der Waals surface area (Å²) in [6.45, 7) is 3.96. The zero-order valence-electron chi connectivity index (χ0n) is 14.6. The van der Waals surface area contributed by atoms with Crippen LogP contribution < -0.4 is 10.1 Å². The lowest BCUT2D eigenvalue weighted by Crippen LogP contribution is -2.45. The van der Waals surface area contributed by atoms with Crippen molar-refractivity contribution in [2.75, 3.05) is 26.2 Å². The third-order valence-electron chi connectivity index (χ3n) is 4.54. The Bertz CT molecular complexity index is 786. The summed E-state index contributed by atoms with van der Waals surface area (Å²) in [5.41, 5.74) is 0.708. The second kappa shape index (κ2) is 7.82. The van der Waals surface area contributed by atoms with Crippen molar-refractivity contribution in [3.05, 3.63) is 64.7 Å². The zero-order chi connectivity index (χ0) is 19.6. The lowest BCUT2D eigenvalue weighted by atomic mass is 9.94. The average molecular weight is 386 g/mol. The molecule has 0 aliphatic carbocycles. The molecule has 1 atom stereocenters. The van der Waals surface area contributed by atoms with Gasteiger partial charge in [-0.05, 0) is 36.2 Å². The first-order valence-electron chi connectivity index (χ1n) is 8.51. The van der Waals surface area contributed by atoms with Gasteiger partial charge in [0.15, 0.2) is 0 Å². The largest absolute Gasteiger partial charge is 0.573 e. The smallest absolute Gasteiger partial charge is 0.406 e. The van der Waals surface area contributed by atoms with E-state index in [0.717, 1.165) is 12.1 Å². The summed E-state index contributed by atoms with van der Waals surface area (Å²) in [5.74, 6) is -1.71. The van der Waals surface area contributed by atoms with Crippen molar-refractivity contribution in [1.82, 2.24) is 10.2 Å². The van der Waals surface area contributed by atoms with Gasteiger partial charge in [-0.1, -0.05) is 18.2 Å². The molecule has 2 aromatic rings. The Balaban J connectivity index is 2.02. The van der Waals surface area contributed by atoms with Crippen LogP contribution in [-0.2, 0) is 0 Å². The highest BCUT2D eigenvalue weighted by Crippen LogP contribution is 2.35. The lowest BCUT2D eigenvalue weighted by Gasteiger charge is -2.36. The van der Waals surface area contributed by atoms with Gasteiger partial charge in [-0.3, -0.25) is 4.90 Å². The van der Waals surface area contributed by atoms with E-state index in [1.165, 1.54) is 24.3 Å². The standard InChI is InChI=1S/C19H19F5N2O/c1-12-2-7-15(20)16(17(12)21)18(26-10-8-25-9-11-26)13-3-5-14(6-4-13)27-19(22,23)24/h2-7,18,25H,8-11H2,1H3/t18-/m0/s1. The van der Waals surface area contributed by atoms with E-state index in [1.54, 1.807) is 6.92 Å². The highest BCUT2D eigenvalue weighted by Gasteiger charge is 2.32. The number of hydrogen-bond donors (Lipinski definition) is 1. The molecule has 0 amide bonds. The minimum Gasteiger partial charge on any atom is -0.406 e. The molecule has 0 unspecified atom stereocenters.